The first-order valence-corrected chi connectivity index (χ1v) is 8.34. The molecular weight excluding hydrogens is 344 g/mol. The van der Waals surface area contributed by atoms with Crippen LogP contribution < -0.4 is 16.0 Å². The highest BCUT2D eigenvalue weighted by atomic mass is 16.4. The number of nitrogens with zero attached hydrogens (tertiary/aromatic N) is 3. The van der Waals surface area contributed by atoms with E-state index in [9.17, 15) is 9.59 Å². The molecule has 0 bridgehead atoms. The van der Waals surface area contributed by atoms with Crippen molar-refractivity contribution < 1.29 is 9.21 Å². The average Bonchev–Trinajstić information content (AvgIpc) is 3.01. The zero-order valence-electron chi connectivity index (χ0n) is 15.3. The Kier molecular flexibility index (Phi) is 5.21. The van der Waals surface area contributed by atoms with Crippen molar-refractivity contribution in [3.8, 4) is 0 Å². The van der Waals surface area contributed by atoms with Gasteiger partial charge in [-0.15, -0.1) is 5.10 Å². The van der Waals surface area contributed by atoms with E-state index in [1.807, 2.05) is 49.3 Å². The van der Waals surface area contributed by atoms with Crippen LogP contribution in [-0.4, -0.2) is 29.8 Å². The molecule has 0 spiro atoms. The fraction of sp³-hybridized carbons (Fsp3) is 0.150. The molecule has 0 radical (unpaired) electrons. The van der Waals surface area contributed by atoms with Gasteiger partial charge in [0.05, 0.1) is 0 Å². The highest BCUT2D eigenvalue weighted by Crippen LogP contribution is 2.17. The second-order valence-corrected chi connectivity index (χ2v) is 6.16. The predicted molar refractivity (Wildman–Crippen MR) is 104 cm³/mol. The molecule has 0 saturated heterocycles. The number of benzene rings is 2. The van der Waals surface area contributed by atoms with Gasteiger partial charge >= 0.3 is 5.76 Å². The van der Waals surface area contributed by atoms with E-state index in [0.717, 1.165) is 15.9 Å². The molecule has 27 heavy (non-hydrogen) atoms. The molecule has 0 fully saturated rings. The molecule has 1 heterocycles. The summed E-state index contributed by atoms with van der Waals surface area (Å²) in [6.45, 7) is 0. The second kappa shape index (κ2) is 7.74. The van der Waals surface area contributed by atoms with Crippen LogP contribution in [0, 0.1) is 0 Å². The minimum absolute atomic E-state index is 0.0449. The molecule has 1 aromatic heterocycles. The van der Waals surface area contributed by atoms with Gasteiger partial charge in [-0.1, -0.05) is 30.3 Å². The van der Waals surface area contributed by atoms with E-state index in [1.54, 1.807) is 30.3 Å². The molecule has 2 aromatic carbocycles. The van der Waals surface area contributed by atoms with E-state index >= 15 is 0 Å². The zero-order valence-corrected chi connectivity index (χ0v) is 15.3. The average molecular weight is 364 g/mol. The largest absolute Gasteiger partial charge is 0.437 e. The Hall–Kier alpha value is -3.61. The van der Waals surface area contributed by atoms with E-state index in [0.29, 0.717) is 11.3 Å². The van der Waals surface area contributed by atoms with E-state index in [4.69, 9.17) is 4.42 Å². The van der Waals surface area contributed by atoms with Crippen LogP contribution in [0.2, 0.25) is 0 Å². The van der Waals surface area contributed by atoms with Gasteiger partial charge in [-0.2, -0.15) is 4.68 Å². The third kappa shape index (κ3) is 4.33. The van der Waals surface area contributed by atoms with Crippen molar-refractivity contribution in [2.75, 3.05) is 19.0 Å². The molecule has 7 heteroatoms. The highest BCUT2D eigenvalue weighted by Gasteiger charge is 2.15. The van der Waals surface area contributed by atoms with Crippen molar-refractivity contribution in [3.05, 3.63) is 82.2 Å². The summed E-state index contributed by atoms with van der Waals surface area (Å²) >= 11 is 0. The molecule has 1 amide bonds. The van der Waals surface area contributed by atoms with E-state index in [1.165, 1.54) is 7.05 Å². The molecule has 3 aromatic rings. The van der Waals surface area contributed by atoms with Crippen molar-refractivity contribution in [1.29, 1.82) is 0 Å². The van der Waals surface area contributed by atoms with E-state index < -0.39 is 5.76 Å². The number of hydrogen-bond acceptors (Lipinski definition) is 5. The number of hydrogen-bond donors (Lipinski definition) is 1. The summed E-state index contributed by atoms with van der Waals surface area (Å²) in [6.07, 6.45) is 1.71. The fourth-order valence-electron chi connectivity index (χ4n) is 2.43. The Bertz CT molecular complexity index is 1020. The first-order valence-electron chi connectivity index (χ1n) is 8.34. The van der Waals surface area contributed by atoms with Gasteiger partial charge in [-0.05, 0) is 35.9 Å². The standard InChI is InChI=1S/C20H20N4O3/c1-23(2)16-11-9-14(10-12-16)13-17(19-22-24(3)20(26)27-19)21-18(25)15-7-5-4-6-8-15/h4-13H,1-3H3,(H,21,25)/b17-13-. The van der Waals surface area contributed by atoms with Crippen LogP contribution in [0.4, 0.5) is 5.69 Å². The van der Waals surface area contributed by atoms with E-state index in [-0.39, 0.29) is 11.8 Å². The number of aryl methyl sites for hydroxylation is 1. The Morgan fingerprint density at radius 1 is 1.11 bits per heavy atom. The number of carbonyl (C=O) groups excluding carboxylic acids is 1. The number of anilines is 1. The maximum atomic E-state index is 12.5. The maximum Gasteiger partial charge on any atom is 0.437 e. The van der Waals surface area contributed by atoms with Gasteiger partial charge in [0.25, 0.3) is 11.8 Å². The Labute approximate surface area is 156 Å². The fourth-order valence-corrected chi connectivity index (χ4v) is 2.43. The van der Waals surface area contributed by atoms with Crippen molar-refractivity contribution in [2.45, 2.75) is 0 Å². The molecule has 3 rings (SSSR count). The van der Waals surface area contributed by atoms with Crippen LogP contribution in [0.3, 0.4) is 0 Å². The van der Waals surface area contributed by atoms with Gasteiger partial charge in [-0.25, -0.2) is 4.79 Å². The minimum atomic E-state index is -0.604. The summed E-state index contributed by atoms with van der Waals surface area (Å²) in [4.78, 5) is 26.2. The summed E-state index contributed by atoms with van der Waals surface area (Å²) in [5.41, 5.74) is 2.67. The monoisotopic (exact) mass is 364 g/mol. The van der Waals surface area contributed by atoms with Gasteiger partial charge in [-0.3, -0.25) is 4.79 Å². The van der Waals surface area contributed by atoms with Crippen LogP contribution in [-0.2, 0) is 7.05 Å². The lowest BCUT2D eigenvalue weighted by Gasteiger charge is -2.12. The number of aromatic nitrogens is 2. The first-order chi connectivity index (χ1) is 12.9. The third-order valence-electron chi connectivity index (χ3n) is 3.92. The summed E-state index contributed by atoms with van der Waals surface area (Å²) < 4.78 is 6.23. The number of rotatable bonds is 5. The van der Waals surface area contributed by atoms with Crippen molar-refractivity contribution >= 4 is 23.4 Å². The molecule has 0 atom stereocenters. The first kappa shape index (κ1) is 18.2. The second-order valence-electron chi connectivity index (χ2n) is 6.16. The molecular formula is C20H20N4O3. The number of nitrogens with one attached hydrogen (secondary N) is 1. The Balaban J connectivity index is 1.96. The highest BCUT2D eigenvalue weighted by molar-refractivity contribution is 6.01. The smallest absolute Gasteiger partial charge is 0.386 e. The summed E-state index contributed by atoms with van der Waals surface area (Å²) in [6, 6.07) is 16.5. The minimum Gasteiger partial charge on any atom is -0.386 e. The molecule has 0 aliphatic rings. The Morgan fingerprint density at radius 2 is 1.78 bits per heavy atom. The van der Waals surface area contributed by atoms with Crippen molar-refractivity contribution in [1.82, 2.24) is 15.1 Å². The number of carbonyl (C=O) groups is 1. The molecule has 0 aliphatic heterocycles. The SMILES string of the molecule is CN(C)c1ccc(/C=C(\NC(=O)c2ccccc2)c2nn(C)c(=O)o2)cc1. The topological polar surface area (TPSA) is 80.4 Å². The molecule has 7 nitrogen and oxygen atoms in total. The van der Waals surface area contributed by atoms with Gasteiger partial charge in [0.2, 0.25) is 0 Å². The van der Waals surface area contributed by atoms with Crippen LogP contribution >= 0.6 is 0 Å². The lowest BCUT2D eigenvalue weighted by Crippen LogP contribution is -2.22. The van der Waals surface area contributed by atoms with Crippen molar-refractivity contribution in [3.63, 3.8) is 0 Å². The molecule has 0 aliphatic carbocycles. The summed E-state index contributed by atoms with van der Waals surface area (Å²) in [5, 5.41) is 6.82. The lowest BCUT2D eigenvalue weighted by molar-refractivity contribution is 0.0973. The third-order valence-corrected chi connectivity index (χ3v) is 3.92. The summed E-state index contributed by atoms with van der Waals surface area (Å²) in [7, 11) is 5.40. The van der Waals surface area contributed by atoms with Crippen LogP contribution in [0.5, 0.6) is 0 Å². The normalized spacial score (nSPS) is 11.3. The lowest BCUT2D eigenvalue weighted by atomic mass is 10.1. The Morgan fingerprint density at radius 3 is 2.33 bits per heavy atom. The molecule has 0 saturated carbocycles. The molecule has 0 unspecified atom stereocenters. The quantitative estimate of drug-likeness (QED) is 0.752. The van der Waals surface area contributed by atoms with Crippen LogP contribution in [0.1, 0.15) is 21.8 Å². The maximum absolute atomic E-state index is 12.5. The van der Waals surface area contributed by atoms with Gasteiger partial charge in [0.1, 0.15) is 5.70 Å². The predicted octanol–water partition coefficient (Wildman–Crippen LogP) is 2.37. The van der Waals surface area contributed by atoms with E-state index in [2.05, 4.69) is 10.4 Å². The van der Waals surface area contributed by atoms with Crippen LogP contribution in [0.15, 0.2) is 63.8 Å². The van der Waals surface area contributed by atoms with Crippen LogP contribution in [0.25, 0.3) is 11.8 Å². The van der Waals surface area contributed by atoms with Gasteiger partial charge < -0.3 is 14.6 Å². The summed E-state index contributed by atoms with van der Waals surface area (Å²) in [5.74, 6) is -0.878. The molecule has 138 valence electrons. The molecule has 1 N–H and O–H groups in total. The van der Waals surface area contributed by atoms with Gasteiger partial charge in [0.15, 0.2) is 0 Å². The zero-order chi connectivity index (χ0) is 19.4. The van der Waals surface area contributed by atoms with Gasteiger partial charge in [0, 0.05) is 32.4 Å². The van der Waals surface area contributed by atoms with Crippen molar-refractivity contribution in [2.24, 2.45) is 7.05 Å². The number of amides is 1.